The van der Waals surface area contributed by atoms with Crippen molar-refractivity contribution in [2.75, 3.05) is 5.73 Å². The molecule has 1 aromatic carbocycles. The summed E-state index contributed by atoms with van der Waals surface area (Å²) in [5.41, 5.74) is 10.7. The van der Waals surface area contributed by atoms with Crippen LogP contribution in [0.25, 0.3) is 16.9 Å². The third-order valence-electron chi connectivity index (χ3n) is 2.95. The third kappa shape index (κ3) is 1.56. The number of aryl methyl sites for hydroxylation is 1. The first-order chi connectivity index (χ1) is 8.25. The minimum absolute atomic E-state index is 0.773. The number of nitrogens with zero attached hydrogens (tertiary/aromatic N) is 2. The van der Waals surface area contributed by atoms with E-state index in [4.69, 9.17) is 5.73 Å². The molecule has 0 radical (unpaired) electrons. The van der Waals surface area contributed by atoms with E-state index in [1.165, 1.54) is 0 Å². The van der Waals surface area contributed by atoms with Crippen LogP contribution in [0, 0.1) is 6.92 Å². The molecule has 2 aromatic heterocycles. The van der Waals surface area contributed by atoms with Crippen LogP contribution in [0.2, 0.25) is 0 Å². The van der Waals surface area contributed by atoms with Crippen LogP contribution < -0.4 is 5.73 Å². The number of imidazole rings is 1. The molecule has 0 atom stereocenters. The van der Waals surface area contributed by atoms with Gasteiger partial charge in [-0.05, 0) is 31.2 Å². The van der Waals surface area contributed by atoms with Gasteiger partial charge < -0.3 is 10.1 Å². The molecular formula is C14H13N3. The standard InChI is InChI=1S/C14H13N3/c1-10-14(11-5-7-12(15)8-6-11)16-13-4-2-3-9-17(10)13/h2-9H,15H2,1H3. The lowest BCUT2D eigenvalue weighted by Crippen LogP contribution is -1.87. The first-order valence-corrected chi connectivity index (χ1v) is 5.55. The van der Waals surface area contributed by atoms with Crippen molar-refractivity contribution in [2.45, 2.75) is 6.92 Å². The Bertz CT molecular complexity index is 666. The van der Waals surface area contributed by atoms with Crippen molar-refractivity contribution in [2.24, 2.45) is 0 Å². The van der Waals surface area contributed by atoms with Gasteiger partial charge in [-0.1, -0.05) is 18.2 Å². The minimum Gasteiger partial charge on any atom is -0.399 e. The molecule has 0 aliphatic rings. The molecule has 3 rings (SSSR count). The van der Waals surface area contributed by atoms with Gasteiger partial charge in [-0.25, -0.2) is 4.98 Å². The Morgan fingerprint density at radius 1 is 1.06 bits per heavy atom. The van der Waals surface area contributed by atoms with Crippen LogP contribution in [-0.2, 0) is 0 Å². The molecule has 0 aliphatic heterocycles. The summed E-state index contributed by atoms with van der Waals surface area (Å²) in [4.78, 5) is 4.63. The number of nitrogen functional groups attached to an aromatic ring is 1. The molecule has 0 saturated heterocycles. The van der Waals surface area contributed by atoms with Crippen molar-refractivity contribution in [1.82, 2.24) is 9.38 Å². The number of hydrogen-bond acceptors (Lipinski definition) is 2. The van der Waals surface area contributed by atoms with Crippen molar-refractivity contribution in [3.8, 4) is 11.3 Å². The second-order valence-electron chi connectivity index (χ2n) is 4.10. The summed E-state index contributed by atoms with van der Waals surface area (Å²) in [6, 6.07) is 13.8. The van der Waals surface area contributed by atoms with Crippen LogP contribution in [-0.4, -0.2) is 9.38 Å². The second-order valence-corrected chi connectivity index (χ2v) is 4.10. The maximum absolute atomic E-state index is 5.69. The fraction of sp³-hybridized carbons (Fsp3) is 0.0714. The van der Waals surface area contributed by atoms with Crippen LogP contribution >= 0.6 is 0 Å². The molecule has 0 bridgehead atoms. The zero-order chi connectivity index (χ0) is 11.8. The highest BCUT2D eigenvalue weighted by atomic mass is 15.0. The molecule has 0 spiro atoms. The zero-order valence-corrected chi connectivity index (χ0v) is 9.59. The van der Waals surface area contributed by atoms with E-state index < -0.39 is 0 Å². The van der Waals surface area contributed by atoms with E-state index in [1.807, 2.05) is 48.7 Å². The lowest BCUT2D eigenvalue weighted by molar-refractivity contribution is 1.11. The molecular weight excluding hydrogens is 210 g/mol. The smallest absolute Gasteiger partial charge is 0.137 e. The van der Waals surface area contributed by atoms with Gasteiger partial charge in [0.2, 0.25) is 0 Å². The number of aromatic nitrogens is 2. The highest BCUT2D eigenvalue weighted by molar-refractivity contribution is 5.67. The lowest BCUT2D eigenvalue weighted by Gasteiger charge is -2.00. The Morgan fingerprint density at radius 3 is 2.53 bits per heavy atom. The summed E-state index contributed by atoms with van der Waals surface area (Å²) in [5, 5.41) is 0. The van der Waals surface area contributed by atoms with Crippen LogP contribution in [0.1, 0.15) is 5.69 Å². The van der Waals surface area contributed by atoms with Crippen LogP contribution in [0.3, 0.4) is 0 Å². The van der Waals surface area contributed by atoms with E-state index >= 15 is 0 Å². The van der Waals surface area contributed by atoms with Crippen molar-refractivity contribution in [3.05, 3.63) is 54.4 Å². The minimum atomic E-state index is 0.773. The third-order valence-corrected chi connectivity index (χ3v) is 2.95. The Kier molecular flexibility index (Phi) is 2.11. The summed E-state index contributed by atoms with van der Waals surface area (Å²) in [7, 11) is 0. The molecule has 2 heterocycles. The maximum Gasteiger partial charge on any atom is 0.137 e. The van der Waals surface area contributed by atoms with Gasteiger partial charge in [0.05, 0.1) is 5.69 Å². The Hall–Kier alpha value is -2.29. The van der Waals surface area contributed by atoms with Gasteiger partial charge in [-0.2, -0.15) is 0 Å². The molecule has 84 valence electrons. The predicted octanol–water partition coefficient (Wildman–Crippen LogP) is 2.89. The molecule has 17 heavy (non-hydrogen) atoms. The quantitative estimate of drug-likeness (QED) is 0.644. The molecule has 0 saturated carbocycles. The largest absolute Gasteiger partial charge is 0.399 e. The first kappa shape index (κ1) is 9.90. The molecule has 3 aromatic rings. The van der Waals surface area contributed by atoms with Gasteiger partial charge in [-0.3, -0.25) is 0 Å². The van der Waals surface area contributed by atoms with Crippen LogP contribution in [0.5, 0.6) is 0 Å². The maximum atomic E-state index is 5.69. The van der Waals surface area contributed by atoms with Gasteiger partial charge >= 0.3 is 0 Å². The number of rotatable bonds is 1. The number of fused-ring (bicyclic) bond motifs is 1. The zero-order valence-electron chi connectivity index (χ0n) is 9.59. The fourth-order valence-electron chi connectivity index (χ4n) is 2.03. The average molecular weight is 223 g/mol. The SMILES string of the molecule is Cc1c(-c2ccc(N)cc2)nc2ccccn12. The summed E-state index contributed by atoms with van der Waals surface area (Å²) < 4.78 is 2.09. The van der Waals surface area contributed by atoms with Gasteiger partial charge in [-0.15, -0.1) is 0 Å². The molecule has 2 N–H and O–H groups in total. The first-order valence-electron chi connectivity index (χ1n) is 5.55. The average Bonchev–Trinajstić information content (AvgIpc) is 2.69. The number of anilines is 1. The second kappa shape index (κ2) is 3.63. The van der Waals surface area contributed by atoms with E-state index in [0.717, 1.165) is 28.3 Å². The Balaban J connectivity index is 2.24. The molecule has 0 fully saturated rings. The molecule has 0 unspecified atom stereocenters. The van der Waals surface area contributed by atoms with E-state index in [1.54, 1.807) is 0 Å². The van der Waals surface area contributed by atoms with Crippen molar-refractivity contribution in [3.63, 3.8) is 0 Å². The molecule has 0 aliphatic carbocycles. The van der Waals surface area contributed by atoms with Crippen molar-refractivity contribution < 1.29 is 0 Å². The number of pyridine rings is 1. The van der Waals surface area contributed by atoms with Gasteiger partial charge in [0, 0.05) is 23.1 Å². The Labute approximate surface area is 99.5 Å². The highest BCUT2D eigenvalue weighted by Crippen LogP contribution is 2.24. The van der Waals surface area contributed by atoms with Crippen LogP contribution in [0.15, 0.2) is 48.7 Å². The molecule has 0 amide bonds. The normalized spacial score (nSPS) is 10.9. The summed E-state index contributed by atoms with van der Waals surface area (Å²) in [5.74, 6) is 0. The van der Waals surface area contributed by atoms with E-state index in [9.17, 15) is 0 Å². The highest BCUT2D eigenvalue weighted by Gasteiger charge is 2.09. The summed E-state index contributed by atoms with van der Waals surface area (Å²) >= 11 is 0. The Morgan fingerprint density at radius 2 is 1.82 bits per heavy atom. The molecule has 3 heteroatoms. The fourth-order valence-corrected chi connectivity index (χ4v) is 2.03. The van der Waals surface area contributed by atoms with Crippen LogP contribution in [0.4, 0.5) is 5.69 Å². The van der Waals surface area contributed by atoms with Gasteiger partial charge in [0.25, 0.3) is 0 Å². The van der Waals surface area contributed by atoms with E-state index in [-0.39, 0.29) is 0 Å². The van der Waals surface area contributed by atoms with Gasteiger partial charge in [0.1, 0.15) is 5.65 Å². The molecule has 3 nitrogen and oxygen atoms in total. The van der Waals surface area contributed by atoms with E-state index in [0.29, 0.717) is 0 Å². The number of benzene rings is 1. The summed E-state index contributed by atoms with van der Waals surface area (Å²) in [6.45, 7) is 2.08. The number of nitrogens with two attached hydrogens (primary N) is 1. The predicted molar refractivity (Wildman–Crippen MR) is 69.8 cm³/mol. The van der Waals surface area contributed by atoms with Crippen molar-refractivity contribution in [1.29, 1.82) is 0 Å². The van der Waals surface area contributed by atoms with E-state index in [2.05, 4.69) is 16.3 Å². The van der Waals surface area contributed by atoms with Gasteiger partial charge in [0.15, 0.2) is 0 Å². The van der Waals surface area contributed by atoms with Crippen molar-refractivity contribution >= 4 is 11.3 Å². The summed E-state index contributed by atoms with van der Waals surface area (Å²) in [6.07, 6.45) is 2.03. The monoisotopic (exact) mass is 223 g/mol. The number of hydrogen-bond donors (Lipinski definition) is 1. The lowest BCUT2D eigenvalue weighted by atomic mass is 10.1. The topological polar surface area (TPSA) is 43.3 Å².